The van der Waals surface area contributed by atoms with Crippen LogP contribution in [-0.4, -0.2) is 24.3 Å². The summed E-state index contributed by atoms with van der Waals surface area (Å²) in [5.74, 6) is -0.507. The SMILES string of the molecule is CCC1(C)C(=O)c2ccccc2S(=O)(=O)N1F. The van der Waals surface area contributed by atoms with Gasteiger partial charge in [0.25, 0.3) is 10.0 Å². The summed E-state index contributed by atoms with van der Waals surface area (Å²) in [6.07, 6.45) is 0.0793. The fourth-order valence-electron chi connectivity index (χ4n) is 1.89. The molecule has 0 bridgehead atoms. The lowest BCUT2D eigenvalue weighted by molar-refractivity contribution is 0.0148. The second-order valence-electron chi connectivity index (χ2n) is 4.17. The van der Waals surface area contributed by atoms with Gasteiger partial charge in [0.05, 0.1) is 4.90 Å². The van der Waals surface area contributed by atoms with Crippen LogP contribution in [0.15, 0.2) is 29.2 Å². The zero-order chi connectivity index (χ0) is 12.8. The third-order valence-electron chi connectivity index (χ3n) is 3.19. The first-order valence-electron chi connectivity index (χ1n) is 5.20. The van der Waals surface area contributed by atoms with Gasteiger partial charge in [-0.25, -0.2) is 8.42 Å². The molecule has 0 amide bonds. The number of fused-ring (bicyclic) bond motifs is 1. The van der Waals surface area contributed by atoms with Crippen LogP contribution in [0.4, 0.5) is 4.48 Å². The van der Waals surface area contributed by atoms with Gasteiger partial charge in [-0.15, -0.1) is 4.48 Å². The summed E-state index contributed by atoms with van der Waals surface area (Å²) in [6.45, 7) is 2.87. The minimum atomic E-state index is -4.23. The molecule has 0 fully saturated rings. The lowest BCUT2D eigenvalue weighted by Crippen LogP contribution is -2.54. The third kappa shape index (κ3) is 1.44. The first kappa shape index (κ1) is 12.2. The van der Waals surface area contributed by atoms with Crippen LogP contribution in [0.5, 0.6) is 0 Å². The first-order valence-corrected chi connectivity index (χ1v) is 6.64. The molecule has 0 N–H and O–H groups in total. The molecule has 1 aliphatic heterocycles. The van der Waals surface area contributed by atoms with E-state index >= 15 is 0 Å². The van der Waals surface area contributed by atoms with Gasteiger partial charge >= 0.3 is 0 Å². The van der Waals surface area contributed by atoms with Crippen molar-refractivity contribution in [1.82, 2.24) is 4.53 Å². The lowest BCUT2D eigenvalue weighted by atomic mass is 9.89. The third-order valence-corrected chi connectivity index (χ3v) is 4.92. The van der Waals surface area contributed by atoms with Crippen LogP contribution in [-0.2, 0) is 10.0 Å². The predicted octanol–water partition coefficient (Wildman–Crippen LogP) is 1.93. The number of hydrogen-bond donors (Lipinski definition) is 0. The van der Waals surface area contributed by atoms with Crippen LogP contribution < -0.4 is 0 Å². The molecule has 1 aromatic carbocycles. The van der Waals surface area contributed by atoms with Gasteiger partial charge in [0.1, 0.15) is 5.54 Å². The summed E-state index contributed by atoms with van der Waals surface area (Å²) in [4.78, 5) is 11.9. The summed E-state index contributed by atoms with van der Waals surface area (Å²) in [5, 5.41) is 0. The second kappa shape index (κ2) is 3.61. The van der Waals surface area contributed by atoms with Crippen molar-refractivity contribution in [2.45, 2.75) is 30.7 Å². The second-order valence-corrected chi connectivity index (χ2v) is 5.88. The molecule has 1 aromatic rings. The molecule has 1 atom stereocenters. The molecule has 6 heteroatoms. The molecule has 0 aliphatic carbocycles. The predicted molar refractivity (Wildman–Crippen MR) is 59.6 cm³/mol. The van der Waals surface area contributed by atoms with E-state index in [0.717, 1.165) is 0 Å². The van der Waals surface area contributed by atoms with Gasteiger partial charge in [-0.1, -0.05) is 19.1 Å². The van der Waals surface area contributed by atoms with E-state index in [2.05, 4.69) is 0 Å². The molecule has 1 heterocycles. The highest BCUT2D eigenvalue weighted by Gasteiger charge is 2.52. The highest BCUT2D eigenvalue weighted by molar-refractivity contribution is 7.89. The maximum absolute atomic E-state index is 14.0. The molecule has 92 valence electrons. The molecule has 2 rings (SSSR count). The minimum absolute atomic E-state index is 0.0609. The van der Waals surface area contributed by atoms with E-state index in [1.54, 1.807) is 13.0 Å². The maximum atomic E-state index is 14.0. The highest BCUT2D eigenvalue weighted by Crippen LogP contribution is 2.38. The molecule has 0 saturated carbocycles. The van der Waals surface area contributed by atoms with E-state index in [4.69, 9.17) is 0 Å². The van der Waals surface area contributed by atoms with E-state index in [1.807, 2.05) is 0 Å². The smallest absolute Gasteiger partial charge is 0.270 e. The standard InChI is InChI=1S/C11H12FNO3S/c1-3-11(2)10(14)8-6-4-5-7-9(8)17(15,16)13(11)12/h4-7H,3H2,1-2H3. The number of nitrogens with zero attached hydrogens (tertiary/aromatic N) is 1. The number of Topliss-reactive ketones (excluding diaryl/α,β-unsaturated/α-hetero) is 1. The molecular weight excluding hydrogens is 245 g/mol. The van der Waals surface area contributed by atoms with Crippen LogP contribution in [0.25, 0.3) is 0 Å². The van der Waals surface area contributed by atoms with Crippen molar-refractivity contribution in [1.29, 1.82) is 0 Å². The van der Waals surface area contributed by atoms with Gasteiger partial charge in [0.2, 0.25) is 0 Å². The molecule has 17 heavy (non-hydrogen) atoms. The van der Waals surface area contributed by atoms with E-state index < -0.39 is 21.3 Å². The van der Waals surface area contributed by atoms with Crippen molar-refractivity contribution in [2.24, 2.45) is 0 Å². The normalized spacial score (nSPS) is 27.8. The van der Waals surface area contributed by atoms with Crippen molar-refractivity contribution in [3.05, 3.63) is 29.8 Å². The van der Waals surface area contributed by atoms with E-state index in [9.17, 15) is 17.7 Å². The number of rotatable bonds is 1. The summed E-state index contributed by atoms with van der Waals surface area (Å²) in [6, 6.07) is 5.68. The van der Waals surface area contributed by atoms with Crippen molar-refractivity contribution >= 4 is 15.8 Å². The summed E-state index contributed by atoms with van der Waals surface area (Å²) in [5.41, 5.74) is -1.58. The molecule has 0 radical (unpaired) electrons. The summed E-state index contributed by atoms with van der Waals surface area (Å²) < 4.78 is 37.5. The van der Waals surface area contributed by atoms with Gasteiger partial charge < -0.3 is 0 Å². The number of halogens is 1. The van der Waals surface area contributed by atoms with Gasteiger partial charge in [0, 0.05) is 5.56 Å². The molecular formula is C11H12FNO3S. The van der Waals surface area contributed by atoms with Gasteiger partial charge in [0.15, 0.2) is 5.78 Å². The molecule has 1 aliphatic rings. The maximum Gasteiger partial charge on any atom is 0.270 e. The Morgan fingerprint density at radius 3 is 2.53 bits per heavy atom. The number of hydrogen-bond acceptors (Lipinski definition) is 3. The zero-order valence-corrected chi connectivity index (χ0v) is 10.3. The highest BCUT2D eigenvalue weighted by atomic mass is 32.2. The van der Waals surface area contributed by atoms with Crippen LogP contribution in [0, 0.1) is 0 Å². The minimum Gasteiger partial charge on any atom is -0.292 e. The fourth-order valence-corrected chi connectivity index (χ4v) is 3.49. The monoisotopic (exact) mass is 257 g/mol. The van der Waals surface area contributed by atoms with Crippen molar-refractivity contribution in [3.8, 4) is 0 Å². The zero-order valence-electron chi connectivity index (χ0n) is 9.47. The van der Waals surface area contributed by atoms with Crippen LogP contribution >= 0.6 is 0 Å². The molecule has 0 spiro atoms. The van der Waals surface area contributed by atoms with E-state index in [0.29, 0.717) is 0 Å². The first-order chi connectivity index (χ1) is 7.85. The average molecular weight is 257 g/mol. The Bertz CT molecular complexity index is 584. The Labute approximate surface area is 99.0 Å². The Kier molecular flexibility index (Phi) is 2.59. The Morgan fingerprint density at radius 2 is 1.94 bits per heavy atom. The Hall–Kier alpha value is -1.27. The van der Waals surface area contributed by atoms with Crippen LogP contribution in [0.3, 0.4) is 0 Å². The Balaban J connectivity index is 2.81. The topological polar surface area (TPSA) is 54.5 Å². The van der Waals surface area contributed by atoms with E-state index in [-0.39, 0.29) is 21.4 Å². The number of sulfonamides is 1. The van der Waals surface area contributed by atoms with Gasteiger partial charge in [-0.2, -0.15) is 0 Å². The quantitative estimate of drug-likeness (QED) is 0.722. The van der Waals surface area contributed by atoms with Crippen molar-refractivity contribution in [2.75, 3.05) is 0 Å². The largest absolute Gasteiger partial charge is 0.292 e. The molecule has 4 nitrogen and oxygen atoms in total. The Morgan fingerprint density at radius 1 is 1.35 bits per heavy atom. The molecule has 0 aromatic heterocycles. The fraction of sp³-hybridized carbons (Fsp3) is 0.364. The van der Waals surface area contributed by atoms with Gasteiger partial charge in [-0.05, 0) is 30.0 Å². The van der Waals surface area contributed by atoms with Crippen LogP contribution in [0.1, 0.15) is 30.6 Å². The molecule has 1 unspecified atom stereocenters. The van der Waals surface area contributed by atoms with Crippen molar-refractivity contribution in [3.63, 3.8) is 0 Å². The van der Waals surface area contributed by atoms with Gasteiger partial charge in [-0.3, -0.25) is 4.79 Å². The number of carbonyl (C=O) groups is 1. The number of ketones is 1. The summed E-state index contributed by atoms with van der Waals surface area (Å²) >= 11 is 0. The number of benzene rings is 1. The summed E-state index contributed by atoms with van der Waals surface area (Å²) in [7, 11) is -4.23. The number of carbonyl (C=O) groups excluding carboxylic acids is 1. The average Bonchev–Trinajstić information content (AvgIpc) is 2.34. The van der Waals surface area contributed by atoms with Crippen LogP contribution in [0.2, 0.25) is 0 Å². The molecule has 0 saturated heterocycles. The van der Waals surface area contributed by atoms with E-state index in [1.165, 1.54) is 25.1 Å². The van der Waals surface area contributed by atoms with Crippen molar-refractivity contribution < 1.29 is 17.7 Å². The lowest BCUT2D eigenvalue weighted by Gasteiger charge is -2.36.